The molecule has 0 saturated heterocycles. The number of halogens is 2. The summed E-state index contributed by atoms with van der Waals surface area (Å²) in [5.41, 5.74) is 1.44. The number of ketones is 1. The average Bonchev–Trinajstić information content (AvgIpc) is 3.23. The van der Waals surface area contributed by atoms with E-state index in [1.165, 1.54) is 22.5 Å². The van der Waals surface area contributed by atoms with Gasteiger partial charge in [-0.05, 0) is 54.8 Å². The van der Waals surface area contributed by atoms with Gasteiger partial charge in [0.15, 0.2) is 6.61 Å². The predicted molar refractivity (Wildman–Crippen MR) is 125 cm³/mol. The van der Waals surface area contributed by atoms with Crippen molar-refractivity contribution >= 4 is 62.0 Å². The van der Waals surface area contributed by atoms with Gasteiger partial charge in [-0.25, -0.2) is 13.2 Å². The normalized spacial score (nSPS) is 13.5. The van der Waals surface area contributed by atoms with Crippen molar-refractivity contribution in [1.82, 2.24) is 0 Å². The summed E-state index contributed by atoms with van der Waals surface area (Å²) < 4.78 is 33.6. The first-order chi connectivity index (χ1) is 15.3. The van der Waals surface area contributed by atoms with Crippen molar-refractivity contribution in [3.63, 3.8) is 0 Å². The number of esters is 1. The highest BCUT2D eigenvalue weighted by atomic mass is 35.5. The number of fused-ring (bicyclic) bond motifs is 1. The van der Waals surface area contributed by atoms with E-state index in [0.717, 1.165) is 23.3 Å². The van der Waals surface area contributed by atoms with E-state index in [-0.39, 0.29) is 15.5 Å². The first-order valence-corrected chi connectivity index (χ1v) is 12.6. The number of hydrogen-bond donors (Lipinski definition) is 0. The lowest BCUT2D eigenvalue weighted by Gasteiger charge is -2.30. The molecule has 166 valence electrons. The topological polar surface area (TPSA) is 80.8 Å². The van der Waals surface area contributed by atoms with Crippen LogP contribution in [0.1, 0.15) is 32.0 Å². The van der Waals surface area contributed by atoms with Crippen molar-refractivity contribution in [2.75, 3.05) is 17.5 Å². The Morgan fingerprint density at radius 1 is 1.06 bits per heavy atom. The Bertz CT molecular complexity index is 1300. The number of aryl methyl sites for hydroxylation is 1. The molecular formula is C22H17Cl2NO5S2. The lowest BCUT2D eigenvalue weighted by molar-refractivity contribution is 0.0475. The van der Waals surface area contributed by atoms with E-state index < -0.39 is 28.4 Å². The number of carbonyl (C=O) groups excluding carboxylic acids is 2. The number of thiophene rings is 1. The maximum Gasteiger partial charge on any atom is 0.340 e. The van der Waals surface area contributed by atoms with Crippen LogP contribution in [0.4, 0.5) is 5.69 Å². The summed E-state index contributed by atoms with van der Waals surface area (Å²) in [4.78, 5) is 25.0. The van der Waals surface area contributed by atoms with Gasteiger partial charge in [0.05, 0.1) is 30.4 Å². The zero-order valence-electron chi connectivity index (χ0n) is 16.6. The van der Waals surface area contributed by atoms with Crippen molar-refractivity contribution in [3.8, 4) is 0 Å². The molecule has 1 aliphatic rings. The van der Waals surface area contributed by atoms with Gasteiger partial charge in [0, 0.05) is 6.54 Å². The second kappa shape index (κ2) is 9.23. The Labute approximate surface area is 199 Å². The monoisotopic (exact) mass is 509 g/mol. The maximum absolute atomic E-state index is 13.4. The summed E-state index contributed by atoms with van der Waals surface area (Å²) >= 11 is 13.0. The molecule has 0 atom stereocenters. The van der Waals surface area contributed by atoms with Gasteiger partial charge in [-0.15, -0.1) is 11.3 Å². The smallest absolute Gasteiger partial charge is 0.340 e. The van der Waals surface area contributed by atoms with Gasteiger partial charge >= 0.3 is 5.97 Å². The fraction of sp³-hybridized carbons (Fsp3) is 0.182. The Kier molecular flexibility index (Phi) is 6.57. The summed E-state index contributed by atoms with van der Waals surface area (Å²) in [5.74, 6) is -1.30. The first kappa shape index (κ1) is 22.8. The SMILES string of the molecule is O=C(COC(=O)c1cc(S(=O)(=O)N2CCCc3ccccc32)ccc1Cl)c1ccc(Cl)s1. The lowest BCUT2D eigenvalue weighted by Crippen LogP contribution is -2.35. The molecule has 0 spiro atoms. The van der Waals surface area contributed by atoms with Gasteiger partial charge in [-0.1, -0.05) is 41.4 Å². The highest BCUT2D eigenvalue weighted by Crippen LogP contribution is 2.33. The summed E-state index contributed by atoms with van der Waals surface area (Å²) in [5, 5.41) is 0.0274. The summed E-state index contributed by atoms with van der Waals surface area (Å²) in [6, 6.07) is 14.3. The molecule has 0 unspecified atom stereocenters. The fourth-order valence-electron chi connectivity index (χ4n) is 3.44. The predicted octanol–water partition coefficient (Wildman–Crippen LogP) is 5.24. The Hall–Kier alpha value is -2.39. The molecule has 0 N–H and O–H groups in total. The van der Waals surface area contributed by atoms with Crippen LogP contribution in [0.25, 0.3) is 0 Å². The van der Waals surface area contributed by atoms with Gasteiger partial charge < -0.3 is 4.74 Å². The third kappa shape index (κ3) is 4.54. The Balaban J connectivity index is 1.57. The second-order valence-corrected chi connectivity index (χ2v) is 11.0. The molecule has 4 rings (SSSR count). The molecule has 2 aromatic carbocycles. The highest BCUT2D eigenvalue weighted by molar-refractivity contribution is 7.92. The van der Waals surface area contributed by atoms with E-state index in [9.17, 15) is 18.0 Å². The van der Waals surface area contributed by atoms with Gasteiger partial charge in [-0.3, -0.25) is 9.10 Å². The van der Waals surface area contributed by atoms with Gasteiger partial charge in [-0.2, -0.15) is 0 Å². The molecule has 0 amide bonds. The van der Waals surface area contributed by atoms with Crippen LogP contribution in [-0.4, -0.2) is 33.3 Å². The Morgan fingerprint density at radius 3 is 2.59 bits per heavy atom. The average molecular weight is 510 g/mol. The summed E-state index contributed by atoms with van der Waals surface area (Å²) in [6.45, 7) is -0.178. The van der Waals surface area contributed by atoms with Gasteiger partial charge in [0.1, 0.15) is 0 Å². The number of nitrogens with zero attached hydrogens (tertiary/aromatic N) is 1. The van der Waals surface area contributed by atoms with Crippen LogP contribution in [0.2, 0.25) is 9.36 Å². The molecule has 0 bridgehead atoms. The molecule has 6 nitrogen and oxygen atoms in total. The number of sulfonamides is 1. The van der Waals surface area contributed by atoms with E-state index in [2.05, 4.69) is 0 Å². The van der Waals surface area contributed by atoms with Crippen molar-refractivity contribution in [2.24, 2.45) is 0 Å². The number of para-hydroxylation sites is 1. The molecule has 0 aliphatic carbocycles. The van der Waals surface area contributed by atoms with Crippen LogP contribution < -0.4 is 4.31 Å². The standard InChI is InChI=1S/C22H17Cl2NO5S2/c23-17-8-7-15(32(28,29)25-11-3-5-14-4-1-2-6-18(14)25)12-16(17)22(27)30-13-19(26)20-9-10-21(24)31-20/h1-2,4,6-10,12H,3,5,11,13H2. The van der Waals surface area contributed by atoms with Crippen LogP contribution in [0.15, 0.2) is 59.5 Å². The van der Waals surface area contributed by atoms with E-state index in [1.807, 2.05) is 12.1 Å². The molecule has 1 aliphatic heterocycles. The van der Waals surface area contributed by atoms with Crippen molar-refractivity contribution in [1.29, 1.82) is 0 Å². The van der Waals surface area contributed by atoms with Gasteiger partial charge in [0.25, 0.3) is 10.0 Å². The zero-order valence-corrected chi connectivity index (χ0v) is 19.7. The molecule has 3 aromatic rings. The van der Waals surface area contributed by atoms with Crippen LogP contribution in [0, 0.1) is 0 Å². The number of ether oxygens (including phenoxy) is 1. The third-order valence-corrected chi connectivity index (χ3v) is 8.41. The minimum absolute atomic E-state index is 0.0274. The Morgan fingerprint density at radius 2 is 1.84 bits per heavy atom. The molecule has 0 fully saturated rings. The summed E-state index contributed by atoms with van der Waals surface area (Å²) in [7, 11) is -3.93. The van der Waals surface area contributed by atoms with Gasteiger partial charge in [0.2, 0.25) is 5.78 Å². The number of anilines is 1. The van der Waals surface area contributed by atoms with E-state index >= 15 is 0 Å². The van der Waals surface area contributed by atoms with Crippen LogP contribution in [0.5, 0.6) is 0 Å². The molecule has 32 heavy (non-hydrogen) atoms. The highest BCUT2D eigenvalue weighted by Gasteiger charge is 2.30. The van der Waals surface area contributed by atoms with E-state index in [4.69, 9.17) is 27.9 Å². The lowest BCUT2D eigenvalue weighted by atomic mass is 10.0. The van der Waals surface area contributed by atoms with E-state index in [0.29, 0.717) is 27.9 Å². The van der Waals surface area contributed by atoms with E-state index in [1.54, 1.807) is 24.3 Å². The largest absolute Gasteiger partial charge is 0.454 e. The van der Waals surface area contributed by atoms with Crippen molar-refractivity contribution in [3.05, 3.63) is 80.0 Å². The molecule has 0 saturated carbocycles. The number of Topliss-reactive ketones (excluding diaryl/α,β-unsaturated/α-hetero) is 1. The summed E-state index contributed by atoms with van der Waals surface area (Å²) in [6.07, 6.45) is 1.48. The van der Waals surface area contributed by atoms with Crippen molar-refractivity contribution < 1.29 is 22.7 Å². The molecule has 2 heterocycles. The number of rotatable bonds is 6. The number of hydrogen-bond acceptors (Lipinski definition) is 6. The van der Waals surface area contributed by atoms with Crippen LogP contribution in [0.3, 0.4) is 0 Å². The van der Waals surface area contributed by atoms with Crippen LogP contribution in [-0.2, 0) is 21.2 Å². The number of benzene rings is 2. The molecule has 1 aromatic heterocycles. The first-order valence-electron chi connectivity index (χ1n) is 9.63. The van der Waals surface area contributed by atoms with Crippen molar-refractivity contribution in [2.45, 2.75) is 17.7 Å². The number of carbonyl (C=O) groups is 2. The third-order valence-electron chi connectivity index (χ3n) is 5.00. The zero-order chi connectivity index (χ0) is 22.9. The minimum atomic E-state index is -3.93. The maximum atomic E-state index is 13.4. The minimum Gasteiger partial charge on any atom is -0.454 e. The fourth-order valence-corrected chi connectivity index (χ4v) is 6.17. The molecular weight excluding hydrogens is 493 g/mol. The second-order valence-electron chi connectivity index (χ2n) is 7.05. The van der Waals surface area contributed by atoms with Crippen LogP contribution >= 0.6 is 34.5 Å². The quantitative estimate of drug-likeness (QED) is 0.335. The molecule has 0 radical (unpaired) electrons. The molecule has 10 heteroatoms.